The molecule has 2 aliphatic rings. The van der Waals surface area contributed by atoms with Crippen molar-refractivity contribution in [1.82, 2.24) is 9.21 Å². The minimum Gasteiger partial charge on any atom is -0.480 e. The predicted molar refractivity (Wildman–Crippen MR) is 92.3 cm³/mol. The van der Waals surface area contributed by atoms with Gasteiger partial charge in [0.15, 0.2) is 5.76 Å². The number of carbonyl (C=O) groups is 2. The van der Waals surface area contributed by atoms with Crippen LogP contribution in [0.1, 0.15) is 48.4 Å². The number of carboxylic acids is 1. The molecular formula is C17H24N2O6S. The van der Waals surface area contributed by atoms with Crippen molar-refractivity contribution in [2.45, 2.75) is 56.0 Å². The minimum atomic E-state index is -3.74. The number of furan rings is 1. The molecule has 1 aliphatic carbocycles. The summed E-state index contributed by atoms with van der Waals surface area (Å²) in [6, 6.07) is 0.189. The summed E-state index contributed by atoms with van der Waals surface area (Å²) in [6.45, 7) is 1.48. The number of aliphatic carboxylic acids is 1. The Morgan fingerprint density at radius 1 is 1.27 bits per heavy atom. The van der Waals surface area contributed by atoms with Crippen molar-refractivity contribution >= 4 is 21.9 Å². The Labute approximate surface area is 152 Å². The van der Waals surface area contributed by atoms with Crippen molar-refractivity contribution in [3.05, 3.63) is 17.6 Å². The van der Waals surface area contributed by atoms with Gasteiger partial charge in [0.25, 0.3) is 5.91 Å². The molecule has 1 N–H and O–H groups in total. The molecule has 8 nitrogen and oxygen atoms in total. The standard InChI is InChI=1S/C17H24N2O6S/c1-10-15(26(23,24)18(2)3)9-14(25-10)16(20)19-12-7-5-4-6-11(12)8-13(19)17(21)22/h9,11-13H,4-8H2,1-3H3,(H,21,22). The van der Waals surface area contributed by atoms with E-state index < -0.39 is 27.9 Å². The Hall–Kier alpha value is -1.87. The van der Waals surface area contributed by atoms with E-state index in [1.165, 1.54) is 32.0 Å². The summed E-state index contributed by atoms with van der Waals surface area (Å²) >= 11 is 0. The van der Waals surface area contributed by atoms with Crippen LogP contribution >= 0.6 is 0 Å². The van der Waals surface area contributed by atoms with E-state index >= 15 is 0 Å². The summed E-state index contributed by atoms with van der Waals surface area (Å²) in [6.07, 6.45) is 4.11. The van der Waals surface area contributed by atoms with Gasteiger partial charge in [0, 0.05) is 26.2 Å². The molecular weight excluding hydrogens is 360 g/mol. The molecule has 3 rings (SSSR count). The highest BCUT2D eigenvalue weighted by Crippen LogP contribution is 2.41. The predicted octanol–water partition coefficient (Wildman–Crippen LogP) is 1.70. The monoisotopic (exact) mass is 384 g/mol. The first-order chi connectivity index (χ1) is 12.1. The molecule has 1 amide bonds. The molecule has 2 fully saturated rings. The number of rotatable bonds is 4. The van der Waals surface area contributed by atoms with E-state index in [4.69, 9.17) is 4.42 Å². The van der Waals surface area contributed by atoms with Crippen molar-refractivity contribution in [2.75, 3.05) is 14.1 Å². The topological polar surface area (TPSA) is 108 Å². The lowest BCUT2D eigenvalue weighted by Crippen LogP contribution is -2.46. The fraction of sp³-hybridized carbons (Fsp3) is 0.647. The van der Waals surface area contributed by atoms with Gasteiger partial charge in [-0.15, -0.1) is 0 Å². The zero-order valence-corrected chi connectivity index (χ0v) is 16.0. The van der Waals surface area contributed by atoms with E-state index in [2.05, 4.69) is 0 Å². The molecule has 1 saturated heterocycles. The number of hydrogen-bond donors (Lipinski definition) is 1. The smallest absolute Gasteiger partial charge is 0.326 e. The van der Waals surface area contributed by atoms with E-state index in [0.29, 0.717) is 6.42 Å². The third-order valence-corrected chi connectivity index (χ3v) is 7.37. The fourth-order valence-corrected chi connectivity index (χ4v) is 5.18. The number of likely N-dealkylation sites (tertiary alicyclic amines) is 1. The van der Waals surface area contributed by atoms with Gasteiger partial charge in [0.2, 0.25) is 10.0 Å². The van der Waals surface area contributed by atoms with Gasteiger partial charge in [0.1, 0.15) is 16.7 Å². The van der Waals surface area contributed by atoms with E-state index in [1.807, 2.05) is 0 Å². The first-order valence-corrected chi connectivity index (χ1v) is 10.2. The summed E-state index contributed by atoms with van der Waals surface area (Å²) in [5, 5.41) is 9.56. The average Bonchev–Trinajstić information content (AvgIpc) is 3.15. The third kappa shape index (κ3) is 3.03. The molecule has 0 radical (unpaired) electrons. The van der Waals surface area contributed by atoms with Crippen molar-refractivity contribution in [1.29, 1.82) is 0 Å². The molecule has 2 heterocycles. The molecule has 1 aromatic heterocycles. The van der Waals surface area contributed by atoms with Crippen LogP contribution < -0.4 is 0 Å². The van der Waals surface area contributed by atoms with Crippen molar-refractivity contribution < 1.29 is 27.5 Å². The van der Waals surface area contributed by atoms with Crippen LogP contribution in [0.15, 0.2) is 15.4 Å². The Balaban J connectivity index is 1.96. The lowest BCUT2D eigenvalue weighted by Gasteiger charge is -2.32. The second-order valence-corrected chi connectivity index (χ2v) is 9.35. The van der Waals surface area contributed by atoms with Crippen molar-refractivity contribution in [3.8, 4) is 0 Å². The quantitative estimate of drug-likeness (QED) is 0.846. The molecule has 1 aliphatic heterocycles. The first kappa shape index (κ1) is 18.9. The minimum absolute atomic E-state index is 0.0721. The average molecular weight is 384 g/mol. The highest BCUT2D eigenvalue weighted by Gasteiger charge is 2.48. The normalized spacial score (nSPS) is 26.2. The molecule has 0 aromatic carbocycles. The molecule has 9 heteroatoms. The molecule has 3 unspecified atom stereocenters. The highest BCUT2D eigenvalue weighted by molar-refractivity contribution is 7.89. The van der Waals surface area contributed by atoms with Crippen LogP contribution in [0.5, 0.6) is 0 Å². The number of fused-ring (bicyclic) bond motifs is 1. The van der Waals surface area contributed by atoms with Crippen molar-refractivity contribution in [2.24, 2.45) is 5.92 Å². The van der Waals surface area contributed by atoms with Crippen LogP contribution in [0, 0.1) is 12.8 Å². The number of hydrogen-bond acceptors (Lipinski definition) is 5. The third-order valence-electron chi connectivity index (χ3n) is 5.45. The van der Waals surface area contributed by atoms with Gasteiger partial charge >= 0.3 is 5.97 Å². The largest absolute Gasteiger partial charge is 0.480 e. The molecule has 1 aromatic rings. The Morgan fingerprint density at radius 2 is 1.92 bits per heavy atom. The molecule has 26 heavy (non-hydrogen) atoms. The summed E-state index contributed by atoms with van der Waals surface area (Å²) in [5.74, 6) is -1.41. The van der Waals surface area contributed by atoms with Crippen LogP contribution in [-0.2, 0) is 14.8 Å². The van der Waals surface area contributed by atoms with Gasteiger partial charge in [-0.25, -0.2) is 17.5 Å². The van der Waals surface area contributed by atoms with Crippen LogP contribution in [0.4, 0.5) is 0 Å². The lowest BCUT2D eigenvalue weighted by atomic mass is 9.84. The zero-order valence-electron chi connectivity index (χ0n) is 15.1. The maximum atomic E-state index is 13.0. The molecule has 3 atom stereocenters. The summed E-state index contributed by atoms with van der Waals surface area (Å²) in [4.78, 5) is 26.1. The first-order valence-electron chi connectivity index (χ1n) is 8.73. The van der Waals surface area contributed by atoms with Crippen LogP contribution in [-0.4, -0.2) is 60.8 Å². The number of carboxylic acid groups (broad SMARTS) is 1. The van der Waals surface area contributed by atoms with E-state index in [1.54, 1.807) is 0 Å². The zero-order chi connectivity index (χ0) is 19.2. The Kier molecular flexibility index (Phi) is 4.87. The maximum absolute atomic E-state index is 13.0. The number of amides is 1. The molecule has 144 valence electrons. The highest BCUT2D eigenvalue weighted by atomic mass is 32.2. The van der Waals surface area contributed by atoms with Crippen LogP contribution in [0.2, 0.25) is 0 Å². The van der Waals surface area contributed by atoms with Crippen LogP contribution in [0.25, 0.3) is 0 Å². The Bertz CT molecular complexity index is 828. The lowest BCUT2D eigenvalue weighted by molar-refractivity contribution is -0.141. The van der Waals surface area contributed by atoms with Crippen molar-refractivity contribution in [3.63, 3.8) is 0 Å². The second-order valence-electron chi connectivity index (χ2n) is 7.23. The number of aryl methyl sites for hydroxylation is 1. The molecule has 0 bridgehead atoms. The van der Waals surface area contributed by atoms with Gasteiger partial charge in [0.05, 0.1) is 0 Å². The van der Waals surface area contributed by atoms with E-state index in [0.717, 1.165) is 30.0 Å². The summed E-state index contributed by atoms with van der Waals surface area (Å²) in [5.41, 5.74) is 0. The van der Waals surface area contributed by atoms with E-state index in [9.17, 15) is 23.1 Å². The number of carbonyl (C=O) groups excluding carboxylic acids is 1. The maximum Gasteiger partial charge on any atom is 0.326 e. The number of nitrogens with zero attached hydrogens (tertiary/aromatic N) is 2. The summed E-state index contributed by atoms with van der Waals surface area (Å²) < 4.78 is 31.2. The summed E-state index contributed by atoms with van der Waals surface area (Å²) in [7, 11) is -0.945. The fourth-order valence-electron chi connectivity index (χ4n) is 4.12. The van der Waals surface area contributed by atoms with Crippen LogP contribution in [0.3, 0.4) is 0 Å². The van der Waals surface area contributed by atoms with Gasteiger partial charge < -0.3 is 14.4 Å². The molecule has 0 spiro atoms. The van der Waals surface area contributed by atoms with Gasteiger partial charge in [-0.3, -0.25) is 4.79 Å². The van der Waals surface area contributed by atoms with Gasteiger partial charge in [-0.2, -0.15) is 0 Å². The van der Waals surface area contributed by atoms with E-state index in [-0.39, 0.29) is 28.4 Å². The van der Waals surface area contributed by atoms with Gasteiger partial charge in [-0.1, -0.05) is 12.8 Å². The SMILES string of the molecule is Cc1oc(C(=O)N2C(C(=O)O)CC3CCCCC32)cc1S(=O)(=O)N(C)C. The Morgan fingerprint density at radius 3 is 2.54 bits per heavy atom. The second kappa shape index (κ2) is 6.70. The molecule has 1 saturated carbocycles. The van der Waals surface area contributed by atoms with Gasteiger partial charge in [-0.05, 0) is 32.1 Å². The number of sulfonamides is 1.